The number of hydrogen-bond donors (Lipinski definition) is 0. The third kappa shape index (κ3) is 3.81. The van der Waals surface area contributed by atoms with E-state index in [1.165, 1.54) is 4.90 Å². The number of carbonyl (C=O) groups excluding carboxylic acids is 3. The number of fused-ring (bicyclic) bond motifs is 2. The van der Waals surface area contributed by atoms with Crippen molar-refractivity contribution in [2.24, 2.45) is 0 Å². The average molecular weight is 394 g/mol. The molecule has 2 aromatic rings. The van der Waals surface area contributed by atoms with E-state index in [0.29, 0.717) is 18.0 Å². The van der Waals surface area contributed by atoms with Gasteiger partial charge in [0.15, 0.2) is 6.10 Å². The second-order valence-corrected chi connectivity index (χ2v) is 7.05. The zero-order valence-electron chi connectivity index (χ0n) is 16.2. The van der Waals surface area contributed by atoms with Crippen LogP contribution in [0, 0.1) is 0 Å². The molecule has 2 amide bonds. The summed E-state index contributed by atoms with van der Waals surface area (Å²) in [5.41, 5.74) is 2.49. The first kappa shape index (κ1) is 19.0. The average Bonchev–Trinajstić information content (AvgIpc) is 3.09. The van der Waals surface area contributed by atoms with Crippen molar-refractivity contribution >= 4 is 29.2 Å². The Morgan fingerprint density at radius 2 is 1.79 bits per heavy atom. The third-order valence-electron chi connectivity index (χ3n) is 5.13. The van der Waals surface area contributed by atoms with Gasteiger partial charge in [0.1, 0.15) is 12.3 Å². The van der Waals surface area contributed by atoms with E-state index >= 15 is 0 Å². The number of benzene rings is 2. The summed E-state index contributed by atoms with van der Waals surface area (Å²) in [5.74, 6) is -0.582. The molecule has 0 fully saturated rings. The Morgan fingerprint density at radius 1 is 1.07 bits per heavy atom. The summed E-state index contributed by atoms with van der Waals surface area (Å²) >= 11 is 0. The van der Waals surface area contributed by atoms with Crippen LogP contribution < -0.4 is 14.5 Å². The molecule has 2 aromatic carbocycles. The zero-order valence-corrected chi connectivity index (χ0v) is 16.2. The zero-order chi connectivity index (χ0) is 20.4. The molecule has 0 aromatic heterocycles. The summed E-state index contributed by atoms with van der Waals surface area (Å²) in [6, 6.07) is 14.8. The second kappa shape index (κ2) is 7.95. The van der Waals surface area contributed by atoms with Gasteiger partial charge in [-0.05, 0) is 37.1 Å². The quantitative estimate of drug-likeness (QED) is 0.744. The van der Waals surface area contributed by atoms with E-state index in [1.54, 1.807) is 36.1 Å². The molecule has 7 heteroatoms. The van der Waals surface area contributed by atoms with Crippen LogP contribution in [0.15, 0.2) is 48.5 Å². The molecule has 0 bridgehead atoms. The first-order valence-electron chi connectivity index (χ1n) is 9.65. The molecule has 7 nitrogen and oxygen atoms in total. The summed E-state index contributed by atoms with van der Waals surface area (Å²) in [6.07, 6.45) is 0.00469. The van der Waals surface area contributed by atoms with Crippen molar-refractivity contribution in [2.75, 3.05) is 29.5 Å². The molecule has 150 valence electrons. The number of rotatable bonds is 4. The minimum atomic E-state index is -0.942. The van der Waals surface area contributed by atoms with Gasteiger partial charge in [-0.15, -0.1) is 0 Å². The number of amides is 2. The molecule has 0 saturated carbocycles. The standard InChI is InChI=1S/C22H22N2O5/c1-15(22(27)23-12-10-16-6-2-3-7-17(16)23)29-21(26)14-24-18-8-4-5-9-19(18)28-13-11-20(24)25/h2-9,15H,10-14H2,1H3/t15-/m0/s1. The maximum atomic E-state index is 12.8. The van der Waals surface area contributed by atoms with Crippen molar-refractivity contribution in [1.29, 1.82) is 0 Å². The van der Waals surface area contributed by atoms with Gasteiger partial charge in [-0.1, -0.05) is 30.3 Å². The molecule has 2 aliphatic rings. The van der Waals surface area contributed by atoms with Crippen LogP contribution in [0.4, 0.5) is 11.4 Å². The van der Waals surface area contributed by atoms with Crippen molar-refractivity contribution in [1.82, 2.24) is 0 Å². The number of esters is 1. The Morgan fingerprint density at radius 3 is 2.62 bits per heavy atom. The molecule has 0 aliphatic carbocycles. The van der Waals surface area contributed by atoms with E-state index in [1.807, 2.05) is 24.3 Å². The molecule has 0 saturated heterocycles. The molecule has 0 spiro atoms. The maximum Gasteiger partial charge on any atom is 0.326 e. The van der Waals surface area contributed by atoms with Crippen molar-refractivity contribution in [3.8, 4) is 5.75 Å². The Hall–Kier alpha value is -3.35. The molecule has 2 heterocycles. The topological polar surface area (TPSA) is 76.1 Å². The first-order chi connectivity index (χ1) is 14.0. The lowest BCUT2D eigenvalue weighted by Gasteiger charge is -2.24. The van der Waals surface area contributed by atoms with Crippen LogP contribution in [0.25, 0.3) is 0 Å². The lowest BCUT2D eigenvalue weighted by Crippen LogP contribution is -2.42. The predicted molar refractivity (Wildman–Crippen MR) is 107 cm³/mol. The molecule has 0 N–H and O–H groups in total. The normalized spacial score (nSPS) is 16.4. The largest absolute Gasteiger partial charge is 0.491 e. The van der Waals surface area contributed by atoms with Crippen LogP contribution in [-0.2, 0) is 25.5 Å². The Bertz CT molecular complexity index is 958. The van der Waals surface area contributed by atoms with Gasteiger partial charge in [0, 0.05) is 12.2 Å². The molecular formula is C22H22N2O5. The maximum absolute atomic E-state index is 12.8. The number of para-hydroxylation sites is 3. The number of carbonyl (C=O) groups is 3. The molecule has 4 rings (SSSR count). The summed E-state index contributed by atoms with van der Waals surface area (Å²) in [6.45, 7) is 2.11. The van der Waals surface area contributed by atoms with Crippen LogP contribution in [0.3, 0.4) is 0 Å². The highest BCUT2D eigenvalue weighted by Crippen LogP contribution is 2.31. The van der Waals surface area contributed by atoms with Crippen LogP contribution in [0.1, 0.15) is 18.9 Å². The van der Waals surface area contributed by atoms with Gasteiger partial charge in [0.2, 0.25) is 5.91 Å². The fourth-order valence-electron chi connectivity index (χ4n) is 3.69. The fraction of sp³-hybridized carbons (Fsp3) is 0.318. The smallest absolute Gasteiger partial charge is 0.326 e. The molecule has 1 atom stereocenters. The van der Waals surface area contributed by atoms with Crippen LogP contribution >= 0.6 is 0 Å². The van der Waals surface area contributed by atoms with Crippen LogP contribution in [0.2, 0.25) is 0 Å². The van der Waals surface area contributed by atoms with E-state index in [2.05, 4.69) is 0 Å². The lowest BCUT2D eigenvalue weighted by atomic mass is 10.2. The van der Waals surface area contributed by atoms with Crippen molar-refractivity contribution < 1.29 is 23.9 Å². The van der Waals surface area contributed by atoms with E-state index < -0.39 is 12.1 Å². The summed E-state index contributed by atoms with van der Waals surface area (Å²) in [4.78, 5) is 40.8. The second-order valence-electron chi connectivity index (χ2n) is 7.05. The molecule has 0 unspecified atom stereocenters. The minimum Gasteiger partial charge on any atom is -0.491 e. The summed E-state index contributed by atoms with van der Waals surface area (Å²) in [5, 5.41) is 0. The minimum absolute atomic E-state index is 0.168. The fourth-order valence-corrected chi connectivity index (χ4v) is 3.69. The predicted octanol–water partition coefficient (Wildman–Crippen LogP) is 2.32. The molecular weight excluding hydrogens is 372 g/mol. The highest BCUT2D eigenvalue weighted by molar-refractivity contribution is 6.01. The van der Waals surface area contributed by atoms with Crippen molar-refractivity contribution in [3.63, 3.8) is 0 Å². The number of anilines is 2. The highest BCUT2D eigenvalue weighted by Gasteiger charge is 2.31. The highest BCUT2D eigenvalue weighted by atomic mass is 16.5. The number of ether oxygens (including phenoxy) is 2. The number of nitrogens with zero attached hydrogens (tertiary/aromatic N) is 2. The van der Waals surface area contributed by atoms with E-state index in [-0.39, 0.29) is 31.4 Å². The first-order valence-corrected chi connectivity index (χ1v) is 9.65. The van der Waals surface area contributed by atoms with E-state index in [9.17, 15) is 14.4 Å². The Kier molecular flexibility index (Phi) is 5.20. The summed E-state index contributed by atoms with van der Waals surface area (Å²) in [7, 11) is 0. The molecule has 29 heavy (non-hydrogen) atoms. The van der Waals surface area contributed by atoms with Gasteiger partial charge >= 0.3 is 5.97 Å². The van der Waals surface area contributed by atoms with Gasteiger partial charge in [0.25, 0.3) is 5.91 Å². The number of hydrogen-bond acceptors (Lipinski definition) is 5. The Labute approximate surface area is 168 Å². The summed E-state index contributed by atoms with van der Waals surface area (Å²) < 4.78 is 11.0. The monoisotopic (exact) mass is 394 g/mol. The van der Waals surface area contributed by atoms with Crippen molar-refractivity contribution in [2.45, 2.75) is 25.9 Å². The van der Waals surface area contributed by atoms with Crippen LogP contribution in [0.5, 0.6) is 5.75 Å². The Balaban J connectivity index is 1.43. The van der Waals surface area contributed by atoms with Gasteiger partial charge in [-0.3, -0.25) is 19.3 Å². The van der Waals surface area contributed by atoms with Gasteiger partial charge in [0.05, 0.1) is 18.7 Å². The van der Waals surface area contributed by atoms with E-state index in [0.717, 1.165) is 17.7 Å². The molecule has 2 aliphatic heterocycles. The van der Waals surface area contributed by atoms with Crippen LogP contribution in [-0.4, -0.2) is 43.6 Å². The SMILES string of the molecule is C[C@H](OC(=O)CN1C(=O)CCOc2ccccc21)C(=O)N1CCc2ccccc21. The third-order valence-corrected chi connectivity index (χ3v) is 5.13. The molecule has 0 radical (unpaired) electrons. The van der Waals surface area contributed by atoms with E-state index in [4.69, 9.17) is 9.47 Å². The lowest BCUT2D eigenvalue weighted by molar-refractivity contribution is -0.152. The van der Waals surface area contributed by atoms with Gasteiger partial charge in [-0.2, -0.15) is 0 Å². The van der Waals surface area contributed by atoms with Crippen molar-refractivity contribution in [3.05, 3.63) is 54.1 Å². The van der Waals surface area contributed by atoms with Gasteiger partial charge in [-0.25, -0.2) is 0 Å². The van der Waals surface area contributed by atoms with Gasteiger partial charge < -0.3 is 14.4 Å².